The second kappa shape index (κ2) is 6.70. The Labute approximate surface area is 115 Å². The van der Waals surface area contributed by atoms with E-state index in [0.717, 1.165) is 30.4 Å². The van der Waals surface area contributed by atoms with Crippen LogP contribution in [-0.2, 0) is 0 Å². The van der Waals surface area contributed by atoms with Crippen LogP contribution in [0.25, 0.3) is 0 Å². The predicted octanol–water partition coefficient (Wildman–Crippen LogP) is 1.92. The summed E-state index contributed by atoms with van der Waals surface area (Å²) in [7, 11) is 2.05. The average Bonchev–Trinajstić information content (AvgIpc) is 2.88. The van der Waals surface area contributed by atoms with Gasteiger partial charge in [-0.2, -0.15) is 0 Å². The van der Waals surface area contributed by atoms with Crippen molar-refractivity contribution in [2.45, 2.75) is 45.1 Å². The molecule has 19 heavy (non-hydrogen) atoms. The van der Waals surface area contributed by atoms with Crippen molar-refractivity contribution in [1.82, 2.24) is 9.97 Å². The second-order valence-corrected chi connectivity index (χ2v) is 5.35. The minimum Gasteiger partial charge on any atom is -0.367 e. The normalized spacial score (nSPS) is 15.7. The van der Waals surface area contributed by atoms with Gasteiger partial charge >= 0.3 is 0 Å². The summed E-state index contributed by atoms with van der Waals surface area (Å²) in [6.45, 7) is 3.58. The van der Waals surface area contributed by atoms with Crippen molar-refractivity contribution >= 4 is 11.6 Å². The molecule has 0 saturated heterocycles. The van der Waals surface area contributed by atoms with Gasteiger partial charge in [-0.1, -0.05) is 12.8 Å². The Bertz CT molecular complexity index is 401. The number of aromatic nitrogens is 2. The summed E-state index contributed by atoms with van der Waals surface area (Å²) in [5.41, 5.74) is 5.55. The van der Waals surface area contributed by atoms with Crippen molar-refractivity contribution in [3.63, 3.8) is 0 Å². The second-order valence-electron chi connectivity index (χ2n) is 5.35. The topological polar surface area (TPSA) is 67.1 Å². The first-order chi connectivity index (χ1) is 9.19. The molecule has 1 aromatic rings. The number of aryl methyl sites for hydroxylation is 1. The molecule has 0 atom stereocenters. The van der Waals surface area contributed by atoms with Gasteiger partial charge in [-0.15, -0.1) is 0 Å². The third-order valence-electron chi connectivity index (χ3n) is 3.62. The molecule has 1 aliphatic rings. The fourth-order valence-corrected chi connectivity index (χ4v) is 2.54. The third kappa shape index (κ3) is 4.06. The molecule has 2 rings (SSSR count). The van der Waals surface area contributed by atoms with Crippen LogP contribution in [0.3, 0.4) is 0 Å². The summed E-state index contributed by atoms with van der Waals surface area (Å²) in [6, 6.07) is 2.62. The molecule has 5 heteroatoms. The number of hydrogen-bond donors (Lipinski definition) is 2. The number of anilines is 2. The molecule has 0 bridgehead atoms. The van der Waals surface area contributed by atoms with E-state index in [9.17, 15) is 0 Å². The van der Waals surface area contributed by atoms with Crippen molar-refractivity contribution in [1.29, 1.82) is 0 Å². The van der Waals surface area contributed by atoms with Crippen molar-refractivity contribution < 1.29 is 0 Å². The van der Waals surface area contributed by atoms with Crippen molar-refractivity contribution in [3.05, 3.63) is 11.9 Å². The highest BCUT2D eigenvalue weighted by molar-refractivity contribution is 5.49. The highest BCUT2D eigenvalue weighted by Crippen LogP contribution is 2.23. The summed E-state index contributed by atoms with van der Waals surface area (Å²) in [6.07, 6.45) is 6.13. The van der Waals surface area contributed by atoms with E-state index < -0.39 is 0 Å². The van der Waals surface area contributed by atoms with Crippen molar-refractivity contribution in [2.75, 3.05) is 30.4 Å². The predicted molar refractivity (Wildman–Crippen MR) is 79.6 cm³/mol. The van der Waals surface area contributed by atoms with Crippen LogP contribution in [0.15, 0.2) is 6.07 Å². The minimum atomic E-state index is 0.580. The van der Waals surface area contributed by atoms with Gasteiger partial charge in [0.15, 0.2) is 0 Å². The zero-order valence-electron chi connectivity index (χ0n) is 12.0. The van der Waals surface area contributed by atoms with Gasteiger partial charge in [-0.3, -0.25) is 0 Å². The van der Waals surface area contributed by atoms with Gasteiger partial charge in [0, 0.05) is 25.7 Å². The van der Waals surface area contributed by atoms with E-state index in [-0.39, 0.29) is 0 Å². The summed E-state index contributed by atoms with van der Waals surface area (Å²) in [5, 5.41) is 3.53. The highest BCUT2D eigenvalue weighted by atomic mass is 15.2. The molecule has 1 fully saturated rings. The Morgan fingerprint density at radius 2 is 2.11 bits per heavy atom. The summed E-state index contributed by atoms with van der Waals surface area (Å²) in [5.74, 6) is 2.74. The van der Waals surface area contributed by atoms with Crippen molar-refractivity contribution in [2.24, 2.45) is 5.73 Å². The van der Waals surface area contributed by atoms with Crippen molar-refractivity contribution in [3.8, 4) is 0 Å². The first-order valence-electron chi connectivity index (χ1n) is 7.22. The molecule has 0 amide bonds. The van der Waals surface area contributed by atoms with E-state index in [0.29, 0.717) is 12.6 Å². The molecule has 5 nitrogen and oxygen atoms in total. The van der Waals surface area contributed by atoms with Crippen LogP contribution in [0, 0.1) is 6.92 Å². The van der Waals surface area contributed by atoms with Gasteiger partial charge in [0.25, 0.3) is 0 Å². The molecule has 3 N–H and O–H groups in total. The van der Waals surface area contributed by atoms with E-state index in [1.165, 1.54) is 25.7 Å². The van der Waals surface area contributed by atoms with Gasteiger partial charge < -0.3 is 16.0 Å². The Hall–Kier alpha value is -1.36. The van der Waals surface area contributed by atoms with Crippen LogP contribution in [-0.4, -0.2) is 36.1 Å². The van der Waals surface area contributed by atoms with Gasteiger partial charge in [0.2, 0.25) is 0 Å². The summed E-state index contributed by atoms with van der Waals surface area (Å²) < 4.78 is 0. The number of rotatable bonds is 6. The summed E-state index contributed by atoms with van der Waals surface area (Å²) in [4.78, 5) is 11.1. The number of nitrogens with one attached hydrogen (secondary N) is 1. The lowest BCUT2D eigenvalue weighted by molar-refractivity contribution is 0.745. The SMILES string of the molecule is Cc1nc(NC2CCCC2)cc(N(C)CCCN)n1. The number of nitrogens with zero attached hydrogens (tertiary/aromatic N) is 3. The van der Waals surface area contributed by atoms with Gasteiger partial charge in [0.1, 0.15) is 17.5 Å². The third-order valence-corrected chi connectivity index (χ3v) is 3.62. The lowest BCUT2D eigenvalue weighted by Gasteiger charge is -2.20. The molecular formula is C14H25N5. The summed E-state index contributed by atoms with van der Waals surface area (Å²) >= 11 is 0. The fraction of sp³-hybridized carbons (Fsp3) is 0.714. The number of nitrogens with two attached hydrogens (primary N) is 1. The maximum Gasteiger partial charge on any atom is 0.134 e. The van der Waals surface area contributed by atoms with Crippen LogP contribution < -0.4 is 16.0 Å². The largest absolute Gasteiger partial charge is 0.367 e. The first-order valence-corrected chi connectivity index (χ1v) is 7.22. The molecular weight excluding hydrogens is 238 g/mol. The molecule has 0 radical (unpaired) electrons. The van der Waals surface area contributed by atoms with Crippen LogP contribution in [0.2, 0.25) is 0 Å². The molecule has 1 heterocycles. The molecule has 1 aromatic heterocycles. The van der Waals surface area contributed by atoms with E-state index in [1.807, 2.05) is 13.0 Å². The fourth-order valence-electron chi connectivity index (χ4n) is 2.54. The Kier molecular flexibility index (Phi) is 4.96. The Balaban J connectivity index is 2.05. The van der Waals surface area contributed by atoms with E-state index in [4.69, 9.17) is 5.73 Å². The van der Waals surface area contributed by atoms with Crippen LogP contribution in [0.1, 0.15) is 37.9 Å². The molecule has 0 unspecified atom stereocenters. The van der Waals surface area contributed by atoms with E-state index in [1.54, 1.807) is 0 Å². The zero-order valence-corrected chi connectivity index (χ0v) is 12.0. The van der Waals surface area contributed by atoms with E-state index >= 15 is 0 Å². The molecule has 106 valence electrons. The minimum absolute atomic E-state index is 0.580. The molecule has 1 saturated carbocycles. The Morgan fingerprint density at radius 1 is 1.37 bits per heavy atom. The Morgan fingerprint density at radius 3 is 2.79 bits per heavy atom. The molecule has 0 aliphatic heterocycles. The maximum atomic E-state index is 5.55. The zero-order chi connectivity index (χ0) is 13.7. The number of hydrogen-bond acceptors (Lipinski definition) is 5. The van der Waals surface area contributed by atoms with Crippen LogP contribution >= 0.6 is 0 Å². The van der Waals surface area contributed by atoms with Gasteiger partial charge in [0.05, 0.1) is 0 Å². The van der Waals surface area contributed by atoms with Crippen LogP contribution in [0.5, 0.6) is 0 Å². The molecule has 0 spiro atoms. The lowest BCUT2D eigenvalue weighted by atomic mass is 10.2. The standard InChI is InChI=1S/C14H25N5/c1-11-16-13(18-12-6-3-4-7-12)10-14(17-11)19(2)9-5-8-15/h10,12H,3-9,15H2,1-2H3,(H,16,17,18). The van der Waals surface area contributed by atoms with Gasteiger partial charge in [-0.25, -0.2) is 9.97 Å². The first kappa shape index (κ1) is 14.1. The lowest BCUT2D eigenvalue weighted by Crippen LogP contribution is -2.23. The monoisotopic (exact) mass is 263 g/mol. The van der Waals surface area contributed by atoms with Crippen LogP contribution in [0.4, 0.5) is 11.6 Å². The maximum absolute atomic E-state index is 5.55. The quantitative estimate of drug-likeness (QED) is 0.821. The molecule has 0 aromatic carbocycles. The average molecular weight is 263 g/mol. The highest BCUT2D eigenvalue weighted by Gasteiger charge is 2.16. The smallest absolute Gasteiger partial charge is 0.134 e. The van der Waals surface area contributed by atoms with E-state index in [2.05, 4.69) is 27.2 Å². The van der Waals surface area contributed by atoms with Gasteiger partial charge in [-0.05, 0) is 32.7 Å². The molecule has 1 aliphatic carbocycles.